The smallest absolute Gasteiger partial charge is 0.275 e. The van der Waals surface area contributed by atoms with E-state index >= 15 is 0 Å². The molecular formula is C15H17N5O2S. The number of nitrogens with one attached hydrogen (secondary N) is 1. The van der Waals surface area contributed by atoms with Crippen molar-refractivity contribution in [3.63, 3.8) is 0 Å². The highest BCUT2D eigenvalue weighted by molar-refractivity contribution is 7.13. The van der Waals surface area contributed by atoms with E-state index in [0.717, 1.165) is 4.88 Å². The Morgan fingerprint density at radius 1 is 1.43 bits per heavy atom. The van der Waals surface area contributed by atoms with Crippen molar-refractivity contribution in [1.82, 2.24) is 24.5 Å². The van der Waals surface area contributed by atoms with Crippen LogP contribution in [0.4, 0.5) is 0 Å². The van der Waals surface area contributed by atoms with Crippen LogP contribution in [0.1, 0.15) is 19.5 Å². The van der Waals surface area contributed by atoms with Gasteiger partial charge in [0.1, 0.15) is 6.54 Å². The first-order valence-corrected chi connectivity index (χ1v) is 8.14. The zero-order valence-corrected chi connectivity index (χ0v) is 13.9. The molecule has 3 heterocycles. The Balaban J connectivity index is 2.10. The molecule has 0 spiro atoms. The van der Waals surface area contributed by atoms with Crippen molar-refractivity contribution in [2.75, 3.05) is 0 Å². The summed E-state index contributed by atoms with van der Waals surface area (Å²) in [5.74, 6) is 0.729. The van der Waals surface area contributed by atoms with Crippen molar-refractivity contribution in [2.45, 2.75) is 33.4 Å². The first-order chi connectivity index (χ1) is 11.0. The zero-order chi connectivity index (χ0) is 16.6. The van der Waals surface area contributed by atoms with E-state index < -0.39 is 0 Å². The van der Waals surface area contributed by atoms with Crippen molar-refractivity contribution < 1.29 is 4.79 Å². The number of nitrogens with zero attached hydrogens (tertiary/aromatic N) is 4. The highest BCUT2D eigenvalue weighted by atomic mass is 32.1. The lowest BCUT2D eigenvalue weighted by Crippen LogP contribution is -2.34. The summed E-state index contributed by atoms with van der Waals surface area (Å²) in [6, 6.07) is 5.31. The van der Waals surface area contributed by atoms with Crippen LogP contribution in [0.5, 0.6) is 0 Å². The molecule has 0 radical (unpaired) electrons. The van der Waals surface area contributed by atoms with Crippen LogP contribution in [-0.4, -0.2) is 31.1 Å². The van der Waals surface area contributed by atoms with Gasteiger partial charge in [-0.1, -0.05) is 6.07 Å². The molecule has 0 unspecified atom stereocenters. The summed E-state index contributed by atoms with van der Waals surface area (Å²) in [6.45, 7) is 5.68. The normalized spacial score (nSPS) is 11.3. The van der Waals surface area contributed by atoms with Crippen molar-refractivity contribution in [3.05, 3.63) is 39.6 Å². The fourth-order valence-corrected chi connectivity index (χ4v) is 2.97. The van der Waals surface area contributed by atoms with Crippen molar-refractivity contribution in [1.29, 1.82) is 0 Å². The molecule has 1 amide bonds. The van der Waals surface area contributed by atoms with Gasteiger partial charge in [-0.25, -0.2) is 0 Å². The molecule has 3 rings (SSSR count). The topological polar surface area (TPSA) is 81.3 Å². The SMILES string of the molecule is Cc1cc(=O)n2nc(-c3cccs3)nc2n1CC(=O)NC(C)C. The van der Waals surface area contributed by atoms with Gasteiger partial charge in [-0.2, -0.15) is 9.50 Å². The molecule has 0 atom stereocenters. The first kappa shape index (κ1) is 15.4. The second kappa shape index (κ2) is 5.96. The number of aryl methyl sites for hydroxylation is 1. The molecule has 23 heavy (non-hydrogen) atoms. The maximum Gasteiger partial charge on any atom is 0.275 e. The molecule has 120 valence electrons. The number of thiophene rings is 1. The molecule has 3 aromatic rings. The molecule has 8 heteroatoms. The molecule has 7 nitrogen and oxygen atoms in total. The summed E-state index contributed by atoms with van der Waals surface area (Å²) < 4.78 is 2.94. The Kier molecular flexibility index (Phi) is 3.99. The van der Waals surface area contributed by atoms with Gasteiger partial charge < -0.3 is 9.88 Å². The quantitative estimate of drug-likeness (QED) is 0.784. The van der Waals surface area contributed by atoms with Crippen LogP contribution in [0.15, 0.2) is 28.4 Å². The molecule has 0 saturated heterocycles. The molecule has 0 fully saturated rings. The van der Waals surface area contributed by atoms with Gasteiger partial charge in [0.25, 0.3) is 5.56 Å². The largest absolute Gasteiger partial charge is 0.352 e. The minimum absolute atomic E-state index is 0.0535. The van der Waals surface area contributed by atoms with E-state index in [-0.39, 0.29) is 24.1 Å². The number of fused-ring (bicyclic) bond motifs is 1. The van der Waals surface area contributed by atoms with Gasteiger partial charge in [0, 0.05) is 17.8 Å². The van der Waals surface area contributed by atoms with Crippen LogP contribution in [0, 0.1) is 6.92 Å². The van der Waals surface area contributed by atoms with Crippen LogP contribution < -0.4 is 10.9 Å². The monoisotopic (exact) mass is 331 g/mol. The average Bonchev–Trinajstić information content (AvgIpc) is 3.11. The molecule has 1 N–H and O–H groups in total. The number of carbonyl (C=O) groups is 1. The van der Waals surface area contributed by atoms with Gasteiger partial charge in [0.15, 0.2) is 5.82 Å². The predicted molar refractivity (Wildman–Crippen MR) is 88.6 cm³/mol. The highest BCUT2D eigenvalue weighted by Gasteiger charge is 2.16. The highest BCUT2D eigenvalue weighted by Crippen LogP contribution is 2.21. The summed E-state index contributed by atoms with van der Waals surface area (Å²) in [6.07, 6.45) is 0. The predicted octanol–water partition coefficient (Wildman–Crippen LogP) is 1.45. The Bertz CT molecular complexity index is 908. The Morgan fingerprint density at radius 3 is 2.87 bits per heavy atom. The number of amides is 1. The molecule has 0 saturated carbocycles. The van der Waals surface area contributed by atoms with Crippen LogP contribution in [0.3, 0.4) is 0 Å². The van der Waals surface area contributed by atoms with Crippen LogP contribution >= 0.6 is 11.3 Å². The van der Waals surface area contributed by atoms with Gasteiger partial charge >= 0.3 is 0 Å². The van der Waals surface area contributed by atoms with E-state index in [9.17, 15) is 9.59 Å². The lowest BCUT2D eigenvalue weighted by atomic mass is 10.3. The summed E-state index contributed by atoms with van der Waals surface area (Å²) in [7, 11) is 0. The maximum absolute atomic E-state index is 12.1. The van der Waals surface area contributed by atoms with E-state index in [2.05, 4.69) is 15.4 Å². The van der Waals surface area contributed by atoms with Crippen LogP contribution in [-0.2, 0) is 11.3 Å². The Hall–Kier alpha value is -2.48. The minimum Gasteiger partial charge on any atom is -0.352 e. The third kappa shape index (κ3) is 3.02. The van der Waals surface area contributed by atoms with Crippen LogP contribution in [0.25, 0.3) is 16.5 Å². The fraction of sp³-hybridized carbons (Fsp3) is 0.333. The summed E-state index contributed by atoms with van der Waals surface area (Å²) in [5.41, 5.74) is 0.417. The second-order valence-electron chi connectivity index (χ2n) is 5.56. The van der Waals surface area contributed by atoms with Crippen LogP contribution in [0.2, 0.25) is 0 Å². The van der Waals surface area contributed by atoms with Gasteiger partial charge in [-0.15, -0.1) is 16.4 Å². The van der Waals surface area contributed by atoms with Crippen molar-refractivity contribution in [3.8, 4) is 10.7 Å². The zero-order valence-electron chi connectivity index (χ0n) is 13.1. The Morgan fingerprint density at radius 2 is 2.22 bits per heavy atom. The summed E-state index contributed by atoms with van der Waals surface area (Å²) >= 11 is 1.50. The fourth-order valence-electron chi connectivity index (χ4n) is 2.32. The van der Waals surface area contributed by atoms with Gasteiger partial charge in [0.2, 0.25) is 11.7 Å². The number of hydrogen-bond donors (Lipinski definition) is 1. The molecule has 0 bridgehead atoms. The lowest BCUT2D eigenvalue weighted by Gasteiger charge is -2.13. The molecule has 0 aromatic carbocycles. The minimum atomic E-state index is -0.256. The van der Waals surface area contributed by atoms with E-state index in [0.29, 0.717) is 17.3 Å². The van der Waals surface area contributed by atoms with Gasteiger partial charge in [-0.3, -0.25) is 9.59 Å². The molecule has 3 aromatic heterocycles. The lowest BCUT2D eigenvalue weighted by molar-refractivity contribution is -0.122. The van der Waals surface area contributed by atoms with Crippen molar-refractivity contribution in [2.24, 2.45) is 0 Å². The standard InChI is InChI=1S/C15H17N5O2S/c1-9(2)16-12(21)8-19-10(3)7-13(22)20-15(19)17-14(18-20)11-5-4-6-23-11/h4-7,9H,8H2,1-3H3,(H,16,21). The van der Waals surface area contributed by atoms with Gasteiger partial charge in [-0.05, 0) is 32.2 Å². The summed E-state index contributed by atoms with van der Waals surface area (Å²) in [4.78, 5) is 29.6. The van der Waals surface area contributed by atoms with Crippen molar-refractivity contribution >= 4 is 23.0 Å². The van der Waals surface area contributed by atoms with E-state index in [1.165, 1.54) is 21.9 Å². The summed E-state index contributed by atoms with van der Waals surface area (Å²) in [5, 5.41) is 9.04. The molecular weight excluding hydrogens is 314 g/mol. The van der Waals surface area contributed by atoms with E-state index in [4.69, 9.17) is 0 Å². The number of hydrogen-bond acceptors (Lipinski definition) is 5. The number of rotatable bonds is 4. The molecule has 0 aliphatic carbocycles. The number of aromatic nitrogens is 4. The Labute approximate surface area is 136 Å². The third-order valence-electron chi connectivity index (χ3n) is 3.29. The van der Waals surface area contributed by atoms with E-state index in [1.807, 2.05) is 31.4 Å². The third-order valence-corrected chi connectivity index (χ3v) is 4.16. The second-order valence-corrected chi connectivity index (χ2v) is 6.50. The number of carbonyl (C=O) groups excluding carboxylic acids is 1. The molecule has 0 aliphatic rings. The first-order valence-electron chi connectivity index (χ1n) is 7.26. The maximum atomic E-state index is 12.1. The average molecular weight is 331 g/mol. The van der Waals surface area contributed by atoms with Gasteiger partial charge in [0.05, 0.1) is 4.88 Å². The van der Waals surface area contributed by atoms with E-state index in [1.54, 1.807) is 11.5 Å². The molecule has 0 aliphatic heterocycles.